The second-order valence-electron chi connectivity index (χ2n) is 4.36. The molecule has 116 valence electrons. The van der Waals surface area contributed by atoms with Gasteiger partial charge in [0.2, 0.25) is 10.0 Å². The van der Waals surface area contributed by atoms with Crippen LogP contribution in [0.25, 0.3) is 6.08 Å². The average molecular weight is 332 g/mol. The molecule has 1 aromatic rings. The molecule has 0 heterocycles. The van der Waals surface area contributed by atoms with Crippen LogP contribution in [0.1, 0.15) is 25.8 Å². The Morgan fingerprint density at radius 1 is 1.38 bits per heavy atom. The Hall–Kier alpha value is -1.37. The Kier molecular flexibility index (Phi) is 6.39. The first-order chi connectivity index (χ1) is 9.82. The van der Waals surface area contributed by atoms with Gasteiger partial charge in [-0.3, -0.25) is 0 Å². The van der Waals surface area contributed by atoms with E-state index >= 15 is 0 Å². The summed E-state index contributed by atoms with van der Waals surface area (Å²) >= 11 is 6.04. The van der Waals surface area contributed by atoms with Gasteiger partial charge in [0.25, 0.3) is 0 Å². The minimum Gasteiger partial charge on any atom is -0.478 e. The number of hydrogen-bond donors (Lipinski definition) is 1. The topological polar surface area (TPSA) is 74.7 Å². The molecule has 0 aliphatic carbocycles. The fourth-order valence-electron chi connectivity index (χ4n) is 1.83. The number of carbonyl (C=O) groups is 1. The lowest BCUT2D eigenvalue weighted by molar-refractivity contribution is -0.131. The number of carboxylic acid groups (broad SMARTS) is 1. The zero-order valence-corrected chi connectivity index (χ0v) is 13.5. The second-order valence-corrected chi connectivity index (χ2v) is 6.67. The fraction of sp³-hybridized carbons (Fsp3) is 0.357. The van der Waals surface area contributed by atoms with Gasteiger partial charge in [0.1, 0.15) is 4.90 Å². The number of halogens is 1. The van der Waals surface area contributed by atoms with Crippen LogP contribution in [-0.2, 0) is 14.8 Å². The number of aliphatic carboxylic acids is 1. The van der Waals surface area contributed by atoms with Crippen LogP contribution in [0.3, 0.4) is 0 Å². The minimum absolute atomic E-state index is 0.0342. The van der Waals surface area contributed by atoms with Gasteiger partial charge in [0.05, 0.1) is 5.02 Å². The van der Waals surface area contributed by atoms with Crippen molar-refractivity contribution >= 4 is 33.7 Å². The molecule has 1 aromatic carbocycles. The zero-order valence-electron chi connectivity index (χ0n) is 11.9. The van der Waals surface area contributed by atoms with Crippen molar-refractivity contribution in [3.63, 3.8) is 0 Å². The predicted molar refractivity (Wildman–Crippen MR) is 82.8 cm³/mol. The predicted octanol–water partition coefficient (Wildman–Crippen LogP) is 2.86. The van der Waals surface area contributed by atoms with E-state index in [2.05, 4.69) is 0 Å². The van der Waals surface area contributed by atoms with Crippen molar-refractivity contribution in [1.82, 2.24) is 4.31 Å². The SMILES string of the molecule is CCCN(CC)S(=O)(=O)c1ccc(C=CC(=O)O)cc1Cl. The summed E-state index contributed by atoms with van der Waals surface area (Å²) in [7, 11) is -3.63. The number of sulfonamides is 1. The lowest BCUT2D eigenvalue weighted by Gasteiger charge is -2.20. The van der Waals surface area contributed by atoms with Gasteiger partial charge in [-0.25, -0.2) is 13.2 Å². The van der Waals surface area contributed by atoms with Crippen molar-refractivity contribution in [2.45, 2.75) is 25.2 Å². The minimum atomic E-state index is -3.63. The first kappa shape index (κ1) is 17.7. The van der Waals surface area contributed by atoms with E-state index in [-0.39, 0.29) is 9.92 Å². The summed E-state index contributed by atoms with van der Waals surface area (Å²) < 4.78 is 26.3. The summed E-state index contributed by atoms with van der Waals surface area (Å²) in [4.78, 5) is 10.5. The first-order valence-electron chi connectivity index (χ1n) is 6.53. The van der Waals surface area contributed by atoms with Gasteiger partial charge in [-0.05, 0) is 30.2 Å². The van der Waals surface area contributed by atoms with E-state index in [1.54, 1.807) is 6.92 Å². The van der Waals surface area contributed by atoms with E-state index in [0.717, 1.165) is 6.08 Å². The summed E-state index contributed by atoms with van der Waals surface area (Å²) in [5.41, 5.74) is 0.528. The fourth-order valence-corrected chi connectivity index (χ4v) is 3.90. The molecule has 0 aliphatic rings. The van der Waals surface area contributed by atoms with Gasteiger partial charge >= 0.3 is 5.97 Å². The molecule has 7 heteroatoms. The van der Waals surface area contributed by atoms with Crippen molar-refractivity contribution in [1.29, 1.82) is 0 Å². The van der Waals surface area contributed by atoms with E-state index in [0.29, 0.717) is 25.1 Å². The number of nitrogens with zero attached hydrogens (tertiary/aromatic N) is 1. The van der Waals surface area contributed by atoms with Gasteiger partial charge < -0.3 is 5.11 Å². The maximum absolute atomic E-state index is 12.5. The molecule has 21 heavy (non-hydrogen) atoms. The molecule has 0 aromatic heterocycles. The van der Waals surface area contributed by atoms with Crippen LogP contribution in [0.2, 0.25) is 5.02 Å². The molecule has 0 radical (unpaired) electrons. The van der Waals surface area contributed by atoms with Crippen molar-refractivity contribution < 1.29 is 18.3 Å². The molecule has 5 nitrogen and oxygen atoms in total. The Labute approximate surface area is 129 Å². The van der Waals surface area contributed by atoms with E-state index in [1.807, 2.05) is 6.92 Å². The van der Waals surface area contributed by atoms with Crippen LogP contribution < -0.4 is 0 Å². The van der Waals surface area contributed by atoms with Gasteiger partial charge in [-0.15, -0.1) is 0 Å². The van der Waals surface area contributed by atoms with Crippen LogP contribution in [0.15, 0.2) is 29.2 Å². The smallest absolute Gasteiger partial charge is 0.328 e. The first-order valence-corrected chi connectivity index (χ1v) is 8.35. The monoisotopic (exact) mass is 331 g/mol. The number of carboxylic acids is 1. The second kappa shape index (κ2) is 7.59. The third-order valence-electron chi connectivity index (χ3n) is 2.82. The Balaban J connectivity index is 3.17. The lowest BCUT2D eigenvalue weighted by Crippen LogP contribution is -2.31. The van der Waals surface area contributed by atoms with Crippen LogP contribution in [0, 0.1) is 0 Å². The Morgan fingerprint density at radius 3 is 2.52 bits per heavy atom. The molecule has 0 aliphatic heterocycles. The summed E-state index contributed by atoms with van der Waals surface area (Å²) in [6.45, 7) is 4.47. The standard InChI is InChI=1S/C14H18ClNO4S/c1-3-9-16(4-2)21(19,20)13-7-5-11(10-12(13)15)6-8-14(17)18/h5-8,10H,3-4,9H2,1-2H3,(H,17,18). The molecule has 0 unspecified atom stereocenters. The highest BCUT2D eigenvalue weighted by Crippen LogP contribution is 2.26. The number of benzene rings is 1. The Bertz CT molecular complexity index is 640. The van der Waals surface area contributed by atoms with Crippen molar-refractivity contribution in [2.24, 2.45) is 0 Å². The van der Waals surface area contributed by atoms with Crippen LogP contribution in [-0.4, -0.2) is 36.9 Å². The number of hydrogen-bond acceptors (Lipinski definition) is 3. The van der Waals surface area contributed by atoms with Gasteiger partial charge in [-0.2, -0.15) is 4.31 Å². The third kappa shape index (κ3) is 4.56. The van der Waals surface area contributed by atoms with E-state index in [1.165, 1.54) is 28.6 Å². The normalized spacial score (nSPS) is 12.2. The highest BCUT2D eigenvalue weighted by atomic mass is 35.5. The van der Waals surface area contributed by atoms with Gasteiger partial charge in [-0.1, -0.05) is 31.5 Å². The van der Waals surface area contributed by atoms with Crippen molar-refractivity contribution in [3.05, 3.63) is 34.9 Å². The molecule has 1 rings (SSSR count). The van der Waals surface area contributed by atoms with Crippen LogP contribution >= 0.6 is 11.6 Å². The Morgan fingerprint density at radius 2 is 2.05 bits per heavy atom. The van der Waals surface area contributed by atoms with Gasteiger partial charge in [0, 0.05) is 19.2 Å². The molecule has 0 saturated heterocycles. The largest absolute Gasteiger partial charge is 0.478 e. The third-order valence-corrected chi connectivity index (χ3v) is 5.28. The molecule has 1 N–H and O–H groups in total. The maximum Gasteiger partial charge on any atom is 0.328 e. The maximum atomic E-state index is 12.5. The molecule has 0 atom stereocenters. The number of rotatable bonds is 7. The van der Waals surface area contributed by atoms with E-state index < -0.39 is 16.0 Å². The summed E-state index contributed by atoms with van der Waals surface area (Å²) in [5, 5.41) is 8.65. The zero-order chi connectivity index (χ0) is 16.0. The molecule has 0 amide bonds. The van der Waals surface area contributed by atoms with Crippen LogP contribution in [0.4, 0.5) is 0 Å². The lowest BCUT2D eigenvalue weighted by atomic mass is 10.2. The molecule has 0 saturated carbocycles. The summed E-state index contributed by atoms with van der Waals surface area (Å²) in [6.07, 6.45) is 3.04. The highest BCUT2D eigenvalue weighted by molar-refractivity contribution is 7.89. The molecular weight excluding hydrogens is 314 g/mol. The van der Waals surface area contributed by atoms with E-state index in [4.69, 9.17) is 16.7 Å². The van der Waals surface area contributed by atoms with Gasteiger partial charge in [0.15, 0.2) is 0 Å². The summed E-state index contributed by atoms with van der Waals surface area (Å²) in [6, 6.07) is 4.36. The quantitative estimate of drug-likeness (QED) is 0.779. The molecule has 0 fully saturated rings. The molecule has 0 bridgehead atoms. The summed E-state index contributed by atoms with van der Waals surface area (Å²) in [5.74, 6) is -1.08. The average Bonchev–Trinajstić information content (AvgIpc) is 2.42. The highest BCUT2D eigenvalue weighted by Gasteiger charge is 2.24. The van der Waals surface area contributed by atoms with Crippen molar-refractivity contribution in [3.8, 4) is 0 Å². The van der Waals surface area contributed by atoms with Crippen LogP contribution in [0.5, 0.6) is 0 Å². The van der Waals surface area contributed by atoms with Crippen molar-refractivity contribution in [2.75, 3.05) is 13.1 Å². The molecular formula is C14H18ClNO4S. The van der Waals surface area contributed by atoms with E-state index in [9.17, 15) is 13.2 Å². The molecule has 0 spiro atoms.